The smallest absolute Gasteiger partial charge is 0.306 e. The van der Waals surface area contributed by atoms with E-state index in [1.807, 2.05) is 6.08 Å². The second kappa shape index (κ2) is 9.15. The van der Waals surface area contributed by atoms with Gasteiger partial charge in [0.2, 0.25) is 0 Å². The summed E-state index contributed by atoms with van der Waals surface area (Å²) in [6.45, 7) is 7.19. The molecule has 4 saturated carbocycles. The summed E-state index contributed by atoms with van der Waals surface area (Å²) >= 11 is 0. The predicted molar refractivity (Wildman–Crippen MR) is 132 cm³/mol. The Morgan fingerprint density at radius 3 is 2.45 bits per heavy atom. The molecule has 0 amide bonds. The van der Waals surface area contributed by atoms with Gasteiger partial charge in [0.1, 0.15) is 6.10 Å². The monoisotopic (exact) mass is 454 g/mol. The van der Waals surface area contributed by atoms with E-state index >= 15 is 0 Å². The van der Waals surface area contributed by atoms with Gasteiger partial charge in [-0.15, -0.1) is 0 Å². The molecule has 184 valence electrons. The van der Waals surface area contributed by atoms with Crippen molar-refractivity contribution in [2.75, 3.05) is 0 Å². The van der Waals surface area contributed by atoms with Crippen LogP contribution in [0.2, 0.25) is 0 Å². The maximum Gasteiger partial charge on any atom is 0.306 e. The molecule has 0 saturated heterocycles. The van der Waals surface area contributed by atoms with E-state index in [4.69, 9.17) is 4.74 Å². The lowest BCUT2D eigenvalue weighted by Gasteiger charge is -2.57. The number of ketones is 1. The molecular weight excluding hydrogens is 408 g/mol. The molecule has 5 aliphatic rings. The van der Waals surface area contributed by atoms with Crippen molar-refractivity contribution in [2.24, 2.45) is 40.4 Å². The van der Waals surface area contributed by atoms with Gasteiger partial charge in [0.15, 0.2) is 5.78 Å². The Morgan fingerprint density at radius 1 is 0.939 bits per heavy atom. The minimum absolute atomic E-state index is 0.0632. The highest BCUT2D eigenvalue weighted by atomic mass is 16.5. The van der Waals surface area contributed by atoms with E-state index in [0.717, 1.165) is 49.9 Å². The summed E-state index contributed by atoms with van der Waals surface area (Å²) in [5, 5.41) is 0. The van der Waals surface area contributed by atoms with Gasteiger partial charge in [-0.3, -0.25) is 9.59 Å². The van der Waals surface area contributed by atoms with Crippen LogP contribution >= 0.6 is 0 Å². The van der Waals surface area contributed by atoms with Crippen molar-refractivity contribution in [3.8, 4) is 0 Å². The molecule has 33 heavy (non-hydrogen) atoms. The van der Waals surface area contributed by atoms with Gasteiger partial charge in [-0.1, -0.05) is 58.4 Å². The number of carbonyl (C=O) groups is 2. The van der Waals surface area contributed by atoms with Crippen LogP contribution in [0.15, 0.2) is 11.6 Å². The number of hydrogen-bond donors (Lipinski definition) is 0. The Morgan fingerprint density at radius 2 is 1.70 bits per heavy atom. The van der Waals surface area contributed by atoms with Crippen molar-refractivity contribution in [3.05, 3.63) is 11.6 Å². The van der Waals surface area contributed by atoms with E-state index in [1.54, 1.807) is 0 Å². The van der Waals surface area contributed by atoms with Gasteiger partial charge < -0.3 is 4.74 Å². The van der Waals surface area contributed by atoms with Crippen molar-refractivity contribution in [1.29, 1.82) is 0 Å². The lowest BCUT2D eigenvalue weighted by atomic mass is 9.47. The molecule has 0 N–H and O–H groups in total. The molecule has 3 heteroatoms. The summed E-state index contributed by atoms with van der Waals surface area (Å²) in [5.74, 6) is 4.17. The molecule has 0 unspecified atom stereocenters. The number of allylic oxidation sites excluding steroid dienone is 1. The molecule has 5 rings (SSSR count). The molecule has 0 aromatic rings. The summed E-state index contributed by atoms with van der Waals surface area (Å²) < 4.78 is 6.25. The Bertz CT molecular complexity index is 790. The third-order valence-electron chi connectivity index (χ3n) is 11.4. The van der Waals surface area contributed by atoms with Crippen LogP contribution in [-0.4, -0.2) is 17.9 Å². The van der Waals surface area contributed by atoms with Crippen molar-refractivity contribution in [2.45, 2.75) is 123 Å². The molecule has 6 atom stereocenters. The minimum Gasteiger partial charge on any atom is -0.462 e. The number of rotatable bonds is 5. The van der Waals surface area contributed by atoms with Gasteiger partial charge in [-0.25, -0.2) is 0 Å². The molecule has 3 nitrogen and oxygen atoms in total. The SMILES string of the molecule is CCC1CCC(CCC(=O)O[C@H]2CC[C@H]3[C@@H]4CCC5=CC(=O)CC[C@]5(C)[C@H]4CC[C@]23C)CC1. The Balaban J connectivity index is 1.19. The maximum absolute atomic E-state index is 12.9. The van der Waals surface area contributed by atoms with Gasteiger partial charge in [0.25, 0.3) is 0 Å². The Hall–Kier alpha value is -1.12. The number of fused-ring (bicyclic) bond motifs is 5. The van der Waals surface area contributed by atoms with E-state index in [0.29, 0.717) is 24.0 Å². The zero-order valence-electron chi connectivity index (χ0n) is 21.4. The molecule has 0 radical (unpaired) electrons. The Labute approximate surface area is 201 Å². The summed E-state index contributed by atoms with van der Waals surface area (Å²) in [5.41, 5.74) is 1.82. The summed E-state index contributed by atoms with van der Waals surface area (Å²) in [6, 6.07) is 0. The maximum atomic E-state index is 12.9. The Kier molecular flexibility index (Phi) is 6.55. The second-order valence-electron chi connectivity index (χ2n) is 12.9. The highest BCUT2D eigenvalue weighted by Crippen LogP contribution is 2.65. The van der Waals surface area contributed by atoms with Crippen LogP contribution in [0.1, 0.15) is 117 Å². The van der Waals surface area contributed by atoms with Crippen LogP contribution in [0.3, 0.4) is 0 Å². The van der Waals surface area contributed by atoms with Crippen LogP contribution in [0.25, 0.3) is 0 Å². The standard InChI is InChI=1S/C30H46O3/c1-4-20-5-7-21(8-6-20)9-14-28(32)33-27-13-12-25-24-11-10-22-19-23(31)15-17-29(22,2)26(24)16-18-30(25,27)3/h19-21,24-27H,4-18H2,1-3H3/t20?,21?,24-,25-,26-,27-,29-,30-/m0/s1. The highest BCUT2D eigenvalue weighted by molar-refractivity contribution is 5.91. The van der Waals surface area contributed by atoms with Crippen LogP contribution in [0.4, 0.5) is 0 Å². The minimum atomic E-state index is 0.0632. The molecule has 4 fully saturated rings. The number of carbonyl (C=O) groups excluding carboxylic acids is 2. The summed E-state index contributed by atoms with van der Waals surface area (Å²) in [7, 11) is 0. The normalized spacial score (nSPS) is 44.9. The molecule has 0 aromatic carbocycles. The quantitative estimate of drug-likeness (QED) is 0.406. The second-order valence-corrected chi connectivity index (χ2v) is 12.9. The van der Waals surface area contributed by atoms with Crippen LogP contribution < -0.4 is 0 Å². The van der Waals surface area contributed by atoms with Gasteiger partial charge in [-0.05, 0) is 92.4 Å². The zero-order valence-corrected chi connectivity index (χ0v) is 21.4. The van der Waals surface area contributed by atoms with E-state index in [2.05, 4.69) is 20.8 Å². The first-order valence-electron chi connectivity index (χ1n) is 14.3. The first-order chi connectivity index (χ1) is 15.8. The van der Waals surface area contributed by atoms with E-state index in [1.165, 1.54) is 63.4 Å². The zero-order chi connectivity index (χ0) is 23.2. The van der Waals surface area contributed by atoms with Crippen molar-refractivity contribution in [1.82, 2.24) is 0 Å². The third-order valence-corrected chi connectivity index (χ3v) is 11.4. The van der Waals surface area contributed by atoms with Crippen LogP contribution in [0, 0.1) is 40.4 Å². The topological polar surface area (TPSA) is 43.4 Å². The van der Waals surface area contributed by atoms with Gasteiger partial charge in [0, 0.05) is 18.3 Å². The fraction of sp³-hybridized carbons (Fsp3) is 0.867. The molecule has 5 aliphatic carbocycles. The number of hydrogen-bond acceptors (Lipinski definition) is 3. The summed E-state index contributed by atoms with van der Waals surface area (Å²) in [6.07, 6.45) is 19.1. The van der Waals surface area contributed by atoms with E-state index < -0.39 is 0 Å². The van der Waals surface area contributed by atoms with E-state index in [9.17, 15) is 9.59 Å². The average Bonchev–Trinajstić information content (AvgIpc) is 3.14. The number of esters is 1. The average molecular weight is 455 g/mol. The molecule has 0 aliphatic heterocycles. The van der Waals surface area contributed by atoms with Gasteiger partial charge >= 0.3 is 5.97 Å². The lowest BCUT2D eigenvalue weighted by Crippen LogP contribution is -2.51. The molecule has 0 aromatic heterocycles. The molecule has 0 spiro atoms. The fourth-order valence-electron chi connectivity index (χ4n) is 9.17. The molecule has 0 bridgehead atoms. The first-order valence-corrected chi connectivity index (χ1v) is 14.3. The largest absolute Gasteiger partial charge is 0.462 e. The van der Waals surface area contributed by atoms with Crippen molar-refractivity contribution >= 4 is 11.8 Å². The van der Waals surface area contributed by atoms with Gasteiger partial charge in [0.05, 0.1) is 0 Å². The molecule has 0 heterocycles. The molecular formula is C30H46O3. The summed E-state index contributed by atoms with van der Waals surface area (Å²) in [4.78, 5) is 24.9. The van der Waals surface area contributed by atoms with Gasteiger partial charge in [-0.2, -0.15) is 0 Å². The lowest BCUT2D eigenvalue weighted by molar-refractivity contribution is -0.160. The number of ether oxygens (including phenoxy) is 1. The third kappa shape index (κ3) is 4.25. The van der Waals surface area contributed by atoms with Crippen molar-refractivity contribution < 1.29 is 14.3 Å². The van der Waals surface area contributed by atoms with E-state index in [-0.39, 0.29) is 22.9 Å². The highest BCUT2D eigenvalue weighted by Gasteiger charge is 2.59. The van der Waals surface area contributed by atoms with Crippen molar-refractivity contribution in [3.63, 3.8) is 0 Å². The fourth-order valence-corrected chi connectivity index (χ4v) is 9.17. The predicted octanol–water partition coefficient (Wildman–Crippen LogP) is 7.43. The van der Waals surface area contributed by atoms with Crippen LogP contribution in [0.5, 0.6) is 0 Å². The first kappa shape index (κ1) is 23.6. The van der Waals surface area contributed by atoms with Crippen LogP contribution in [-0.2, 0) is 14.3 Å².